The number of rotatable bonds is 7. The number of benzene rings is 1. The Balaban J connectivity index is 2.51. The molecule has 0 fully saturated rings. The number of carboxylic acid groups (broad SMARTS) is 1. The average molecular weight is 276 g/mol. The van der Waals surface area contributed by atoms with Crippen LogP contribution in [-0.2, 0) is 11.3 Å². The SMILES string of the molecule is O=C(O)CC[C@@H](CF)NCc1cc(Cl)ccc1O. The van der Waals surface area contributed by atoms with Crippen molar-refractivity contribution >= 4 is 17.6 Å². The first-order valence-corrected chi connectivity index (χ1v) is 5.89. The summed E-state index contributed by atoms with van der Waals surface area (Å²) in [5.41, 5.74) is 0.552. The molecule has 0 unspecified atom stereocenters. The normalized spacial score (nSPS) is 12.3. The number of hydrogen-bond donors (Lipinski definition) is 3. The molecule has 0 bridgehead atoms. The Morgan fingerprint density at radius 3 is 2.83 bits per heavy atom. The second-order valence-corrected chi connectivity index (χ2v) is 4.37. The number of nitrogens with one attached hydrogen (secondary N) is 1. The topological polar surface area (TPSA) is 69.6 Å². The highest BCUT2D eigenvalue weighted by atomic mass is 35.5. The van der Waals surface area contributed by atoms with Crippen molar-refractivity contribution in [1.29, 1.82) is 0 Å². The third-order valence-electron chi connectivity index (χ3n) is 2.52. The van der Waals surface area contributed by atoms with E-state index in [0.717, 1.165) is 0 Å². The van der Waals surface area contributed by atoms with Crippen LogP contribution in [0.15, 0.2) is 18.2 Å². The molecule has 1 atom stereocenters. The van der Waals surface area contributed by atoms with E-state index in [9.17, 15) is 14.3 Å². The van der Waals surface area contributed by atoms with Gasteiger partial charge in [0.2, 0.25) is 0 Å². The van der Waals surface area contributed by atoms with Gasteiger partial charge in [0.25, 0.3) is 0 Å². The van der Waals surface area contributed by atoms with Gasteiger partial charge in [0.15, 0.2) is 0 Å². The van der Waals surface area contributed by atoms with Crippen molar-refractivity contribution in [2.75, 3.05) is 6.67 Å². The summed E-state index contributed by atoms with van der Waals surface area (Å²) in [6.07, 6.45) is 0.107. The summed E-state index contributed by atoms with van der Waals surface area (Å²) in [4.78, 5) is 10.4. The van der Waals surface area contributed by atoms with E-state index in [2.05, 4.69) is 5.32 Å². The number of hydrogen-bond acceptors (Lipinski definition) is 3. The fourth-order valence-corrected chi connectivity index (χ4v) is 1.68. The highest BCUT2D eigenvalue weighted by Gasteiger charge is 2.11. The molecular formula is C12H15ClFNO3. The molecule has 1 aromatic carbocycles. The van der Waals surface area contributed by atoms with E-state index in [1.165, 1.54) is 6.07 Å². The van der Waals surface area contributed by atoms with Gasteiger partial charge in [-0.05, 0) is 24.6 Å². The van der Waals surface area contributed by atoms with Crippen LogP contribution < -0.4 is 5.32 Å². The molecule has 0 heterocycles. The fraction of sp³-hybridized carbons (Fsp3) is 0.417. The quantitative estimate of drug-likeness (QED) is 0.714. The molecule has 0 saturated heterocycles. The first-order chi connectivity index (χ1) is 8.52. The predicted molar refractivity (Wildman–Crippen MR) is 66.6 cm³/mol. The highest BCUT2D eigenvalue weighted by Crippen LogP contribution is 2.21. The van der Waals surface area contributed by atoms with E-state index >= 15 is 0 Å². The van der Waals surface area contributed by atoms with E-state index in [-0.39, 0.29) is 25.1 Å². The first kappa shape index (κ1) is 14.7. The lowest BCUT2D eigenvalue weighted by Crippen LogP contribution is -2.31. The third-order valence-corrected chi connectivity index (χ3v) is 2.75. The van der Waals surface area contributed by atoms with Crippen LogP contribution in [-0.4, -0.2) is 28.9 Å². The van der Waals surface area contributed by atoms with Gasteiger partial charge in [0.1, 0.15) is 12.4 Å². The zero-order chi connectivity index (χ0) is 13.5. The van der Waals surface area contributed by atoms with Crippen molar-refractivity contribution in [2.24, 2.45) is 0 Å². The van der Waals surface area contributed by atoms with Crippen LogP contribution in [0, 0.1) is 0 Å². The molecule has 0 saturated carbocycles. The second-order valence-electron chi connectivity index (χ2n) is 3.94. The molecule has 6 heteroatoms. The van der Waals surface area contributed by atoms with E-state index in [0.29, 0.717) is 10.6 Å². The molecule has 0 amide bonds. The number of phenols is 1. The summed E-state index contributed by atoms with van der Waals surface area (Å²) in [5.74, 6) is -0.886. The molecule has 1 rings (SSSR count). The molecule has 0 aliphatic rings. The van der Waals surface area contributed by atoms with Crippen molar-refractivity contribution in [2.45, 2.75) is 25.4 Å². The van der Waals surface area contributed by atoms with Crippen molar-refractivity contribution < 1.29 is 19.4 Å². The van der Waals surface area contributed by atoms with Gasteiger partial charge >= 0.3 is 5.97 Å². The first-order valence-electron chi connectivity index (χ1n) is 5.51. The Morgan fingerprint density at radius 1 is 1.50 bits per heavy atom. The van der Waals surface area contributed by atoms with E-state index in [1.54, 1.807) is 12.1 Å². The smallest absolute Gasteiger partial charge is 0.303 e. The lowest BCUT2D eigenvalue weighted by atomic mass is 10.1. The lowest BCUT2D eigenvalue weighted by molar-refractivity contribution is -0.137. The number of carboxylic acids is 1. The van der Waals surface area contributed by atoms with Crippen LogP contribution in [0.5, 0.6) is 5.75 Å². The minimum absolute atomic E-state index is 0.0720. The molecule has 0 spiro atoms. The zero-order valence-electron chi connectivity index (χ0n) is 9.70. The van der Waals surface area contributed by atoms with Crippen LogP contribution in [0.25, 0.3) is 0 Å². The van der Waals surface area contributed by atoms with Gasteiger partial charge in [-0.15, -0.1) is 0 Å². The molecule has 100 valence electrons. The maximum Gasteiger partial charge on any atom is 0.303 e. The zero-order valence-corrected chi connectivity index (χ0v) is 10.5. The maximum atomic E-state index is 12.6. The highest BCUT2D eigenvalue weighted by molar-refractivity contribution is 6.30. The van der Waals surface area contributed by atoms with Gasteiger partial charge in [0, 0.05) is 29.6 Å². The Hall–Kier alpha value is -1.33. The van der Waals surface area contributed by atoms with Crippen molar-refractivity contribution in [3.8, 4) is 5.75 Å². The molecular weight excluding hydrogens is 261 g/mol. The van der Waals surface area contributed by atoms with Gasteiger partial charge in [-0.2, -0.15) is 0 Å². The standard InChI is InChI=1S/C12H15ClFNO3/c13-9-1-3-11(16)8(5-9)7-15-10(6-14)2-4-12(17)18/h1,3,5,10,15-16H,2,4,6-7H2,(H,17,18)/t10-/m0/s1. The summed E-state index contributed by atoms with van der Waals surface area (Å²) >= 11 is 5.78. The molecule has 18 heavy (non-hydrogen) atoms. The van der Waals surface area contributed by atoms with Gasteiger partial charge in [-0.25, -0.2) is 4.39 Å². The largest absolute Gasteiger partial charge is 0.508 e. The van der Waals surface area contributed by atoms with E-state index in [1.807, 2.05) is 0 Å². The monoisotopic (exact) mass is 275 g/mol. The number of halogens is 2. The lowest BCUT2D eigenvalue weighted by Gasteiger charge is -2.15. The average Bonchev–Trinajstić information content (AvgIpc) is 2.33. The van der Waals surface area contributed by atoms with Crippen LogP contribution in [0.1, 0.15) is 18.4 Å². The Morgan fingerprint density at radius 2 is 2.22 bits per heavy atom. The summed E-state index contributed by atoms with van der Waals surface area (Å²) in [5, 5.41) is 21.4. The summed E-state index contributed by atoms with van der Waals surface area (Å²) in [7, 11) is 0. The number of phenolic OH excluding ortho intramolecular Hbond substituents is 1. The Bertz CT molecular complexity index is 414. The molecule has 4 nitrogen and oxygen atoms in total. The van der Waals surface area contributed by atoms with E-state index in [4.69, 9.17) is 16.7 Å². The van der Waals surface area contributed by atoms with Crippen LogP contribution in [0.2, 0.25) is 5.02 Å². The van der Waals surface area contributed by atoms with Gasteiger partial charge in [-0.3, -0.25) is 4.79 Å². The molecule has 3 N–H and O–H groups in total. The predicted octanol–water partition coefficient (Wildman–Crippen LogP) is 2.34. The van der Waals surface area contributed by atoms with Gasteiger partial charge in [-0.1, -0.05) is 11.6 Å². The third kappa shape index (κ3) is 4.89. The van der Waals surface area contributed by atoms with Crippen LogP contribution >= 0.6 is 11.6 Å². The van der Waals surface area contributed by atoms with Crippen molar-refractivity contribution in [3.63, 3.8) is 0 Å². The Kier molecular flexibility index (Phi) is 5.88. The molecule has 0 radical (unpaired) electrons. The van der Waals surface area contributed by atoms with Crippen LogP contribution in [0.3, 0.4) is 0 Å². The molecule has 0 aliphatic heterocycles. The number of alkyl halides is 1. The Labute approximate surface area is 109 Å². The fourth-order valence-electron chi connectivity index (χ4n) is 1.48. The number of carbonyl (C=O) groups is 1. The maximum absolute atomic E-state index is 12.6. The van der Waals surface area contributed by atoms with Gasteiger partial charge in [0.05, 0.1) is 0 Å². The molecule has 1 aromatic rings. The van der Waals surface area contributed by atoms with Crippen molar-refractivity contribution in [1.82, 2.24) is 5.32 Å². The number of aromatic hydroxyl groups is 1. The van der Waals surface area contributed by atoms with Crippen LogP contribution in [0.4, 0.5) is 4.39 Å². The summed E-state index contributed by atoms with van der Waals surface area (Å²) in [6, 6.07) is 4.05. The summed E-state index contributed by atoms with van der Waals surface area (Å²) in [6.45, 7) is -0.421. The van der Waals surface area contributed by atoms with Gasteiger partial charge < -0.3 is 15.5 Å². The second kappa shape index (κ2) is 7.18. The minimum atomic E-state index is -0.958. The number of aliphatic carboxylic acids is 1. The van der Waals surface area contributed by atoms with E-state index < -0.39 is 18.7 Å². The van der Waals surface area contributed by atoms with Crippen molar-refractivity contribution in [3.05, 3.63) is 28.8 Å². The minimum Gasteiger partial charge on any atom is -0.508 e. The molecule has 0 aliphatic carbocycles. The molecule has 0 aromatic heterocycles. The summed E-state index contributed by atoms with van der Waals surface area (Å²) < 4.78 is 12.6.